The van der Waals surface area contributed by atoms with Crippen LogP contribution in [0.2, 0.25) is 0 Å². The largest absolute Gasteiger partial charge is 0.369 e. The summed E-state index contributed by atoms with van der Waals surface area (Å²) >= 11 is 0. The first-order valence-corrected chi connectivity index (χ1v) is 9.88. The number of hydrogen-bond acceptors (Lipinski definition) is 7. The van der Waals surface area contributed by atoms with Gasteiger partial charge in [0, 0.05) is 31.5 Å². The lowest BCUT2D eigenvalue weighted by Gasteiger charge is -2.12. The van der Waals surface area contributed by atoms with Crippen LogP contribution < -0.4 is 5.32 Å². The Kier molecular flexibility index (Phi) is 3.87. The van der Waals surface area contributed by atoms with Crippen LogP contribution in [0.1, 0.15) is 6.42 Å². The maximum atomic E-state index is 11.6. The van der Waals surface area contributed by atoms with Crippen LogP contribution >= 0.6 is 0 Å². The number of nitrogens with zero attached hydrogens (tertiary/aromatic N) is 5. The van der Waals surface area contributed by atoms with Crippen LogP contribution in [0.25, 0.3) is 22.4 Å². The van der Waals surface area contributed by atoms with E-state index >= 15 is 0 Å². The number of rotatable bonds is 4. The molecule has 3 aromatic heterocycles. The Balaban J connectivity index is 1.67. The number of sulfone groups is 1. The van der Waals surface area contributed by atoms with E-state index in [0.29, 0.717) is 24.6 Å². The maximum absolute atomic E-state index is 11.6. The minimum Gasteiger partial charge on any atom is -0.369 e. The van der Waals surface area contributed by atoms with E-state index in [1.807, 2.05) is 19.2 Å². The summed E-state index contributed by atoms with van der Waals surface area (Å²) in [4.78, 5) is 13.3. The molecular weight excluding hydrogens is 340 g/mol. The van der Waals surface area contributed by atoms with Crippen LogP contribution in [-0.2, 0) is 16.9 Å². The molecule has 0 radical (unpaired) electrons. The molecule has 8 nitrogen and oxygen atoms in total. The van der Waals surface area contributed by atoms with E-state index in [0.717, 1.165) is 16.6 Å². The van der Waals surface area contributed by atoms with E-state index in [1.54, 1.807) is 23.3 Å². The predicted octanol–water partition coefficient (Wildman–Crippen LogP) is 1.27. The first kappa shape index (κ1) is 15.9. The van der Waals surface area contributed by atoms with E-state index in [1.165, 1.54) is 0 Å². The molecule has 3 aromatic rings. The molecule has 1 aliphatic heterocycles. The van der Waals surface area contributed by atoms with Crippen LogP contribution in [0.4, 0.5) is 5.82 Å². The molecular formula is C16H18N6O2S. The molecule has 1 atom stereocenters. The molecule has 4 heterocycles. The van der Waals surface area contributed by atoms with Gasteiger partial charge in [0.2, 0.25) is 0 Å². The Morgan fingerprint density at radius 3 is 2.92 bits per heavy atom. The fourth-order valence-electron chi connectivity index (χ4n) is 3.06. The highest BCUT2D eigenvalue weighted by Gasteiger charge is 2.27. The van der Waals surface area contributed by atoms with Gasteiger partial charge in [-0.3, -0.25) is 9.67 Å². The van der Waals surface area contributed by atoms with Crippen molar-refractivity contribution in [3.05, 3.63) is 30.7 Å². The maximum Gasteiger partial charge on any atom is 0.165 e. The number of aromatic nitrogens is 5. The zero-order valence-electron chi connectivity index (χ0n) is 13.8. The van der Waals surface area contributed by atoms with Gasteiger partial charge in [0.15, 0.2) is 21.3 Å². The summed E-state index contributed by atoms with van der Waals surface area (Å²) < 4.78 is 25.0. The molecule has 0 bridgehead atoms. The highest BCUT2D eigenvalue weighted by Crippen LogP contribution is 2.25. The quantitative estimate of drug-likeness (QED) is 0.749. The van der Waals surface area contributed by atoms with Crippen molar-refractivity contribution in [2.75, 3.05) is 23.4 Å². The number of nitrogens with one attached hydrogen (secondary N) is 1. The van der Waals surface area contributed by atoms with Gasteiger partial charge in [-0.2, -0.15) is 5.10 Å². The first-order valence-electron chi connectivity index (χ1n) is 8.06. The molecule has 0 saturated carbocycles. The molecule has 4 rings (SSSR count). The summed E-state index contributed by atoms with van der Waals surface area (Å²) in [6.45, 7) is 0.562. The van der Waals surface area contributed by atoms with Crippen molar-refractivity contribution < 1.29 is 8.42 Å². The van der Waals surface area contributed by atoms with Crippen molar-refractivity contribution >= 4 is 26.7 Å². The summed E-state index contributed by atoms with van der Waals surface area (Å²) in [6, 6.07) is 3.74. The lowest BCUT2D eigenvalue weighted by Crippen LogP contribution is -2.16. The van der Waals surface area contributed by atoms with Crippen molar-refractivity contribution in [2.45, 2.75) is 6.42 Å². The number of hydrogen-bond donors (Lipinski definition) is 1. The first-order chi connectivity index (χ1) is 12.0. The van der Waals surface area contributed by atoms with Crippen LogP contribution in [0, 0.1) is 5.92 Å². The van der Waals surface area contributed by atoms with Crippen LogP contribution in [0.5, 0.6) is 0 Å². The average molecular weight is 358 g/mol. The third-order valence-corrected chi connectivity index (χ3v) is 6.23. The molecule has 25 heavy (non-hydrogen) atoms. The minimum atomic E-state index is -2.89. The lowest BCUT2D eigenvalue weighted by molar-refractivity contribution is 0.596. The normalized spacial score (nSPS) is 19.3. The highest BCUT2D eigenvalue weighted by molar-refractivity contribution is 7.91. The van der Waals surface area contributed by atoms with Gasteiger partial charge in [0.1, 0.15) is 5.82 Å². The summed E-state index contributed by atoms with van der Waals surface area (Å²) in [5.74, 6) is 1.84. The van der Waals surface area contributed by atoms with Crippen LogP contribution in [-0.4, -0.2) is 51.2 Å². The average Bonchev–Trinajstić information content (AvgIpc) is 3.16. The molecule has 0 unspecified atom stereocenters. The number of pyridine rings is 1. The van der Waals surface area contributed by atoms with Crippen molar-refractivity contribution in [1.29, 1.82) is 0 Å². The van der Waals surface area contributed by atoms with E-state index in [9.17, 15) is 8.42 Å². The molecule has 130 valence electrons. The second-order valence-electron chi connectivity index (χ2n) is 6.29. The molecule has 0 aliphatic carbocycles. The molecule has 1 N–H and O–H groups in total. The van der Waals surface area contributed by atoms with Gasteiger partial charge in [-0.05, 0) is 24.5 Å². The molecule has 1 saturated heterocycles. The van der Waals surface area contributed by atoms with Gasteiger partial charge in [0.05, 0.1) is 23.1 Å². The van der Waals surface area contributed by atoms with Crippen molar-refractivity contribution in [2.24, 2.45) is 13.0 Å². The van der Waals surface area contributed by atoms with E-state index < -0.39 is 9.84 Å². The molecule has 1 fully saturated rings. The second-order valence-corrected chi connectivity index (χ2v) is 8.52. The summed E-state index contributed by atoms with van der Waals surface area (Å²) in [6.07, 6.45) is 5.82. The van der Waals surface area contributed by atoms with Crippen molar-refractivity contribution in [3.63, 3.8) is 0 Å². The van der Waals surface area contributed by atoms with E-state index in [-0.39, 0.29) is 17.4 Å². The third kappa shape index (κ3) is 3.19. The van der Waals surface area contributed by atoms with Gasteiger partial charge >= 0.3 is 0 Å². The standard InChI is InChI=1S/C16H18N6O2S/c1-22-16-13(9-19-22)15(18-7-11-4-6-25(23,24)10-11)20-14(21-16)12-3-2-5-17-8-12/h2-3,5,8-9,11H,4,6-7,10H2,1H3,(H,18,20,21)/t11-/m1/s1. The Morgan fingerprint density at radius 2 is 2.20 bits per heavy atom. The zero-order valence-corrected chi connectivity index (χ0v) is 14.6. The van der Waals surface area contributed by atoms with Gasteiger partial charge in [0.25, 0.3) is 0 Å². The predicted molar refractivity (Wildman–Crippen MR) is 94.8 cm³/mol. The summed E-state index contributed by atoms with van der Waals surface area (Å²) in [7, 11) is -1.06. The highest BCUT2D eigenvalue weighted by atomic mass is 32.2. The van der Waals surface area contributed by atoms with Crippen LogP contribution in [0.15, 0.2) is 30.7 Å². The number of anilines is 1. The van der Waals surface area contributed by atoms with Crippen molar-refractivity contribution in [1.82, 2.24) is 24.7 Å². The Bertz CT molecular complexity index is 1020. The van der Waals surface area contributed by atoms with Gasteiger partial charge < -0.3 is 5.32 Å². The Labute approximate surface area is 145 Å². The number of aryl methyl sites for hydroxylation is 1. The van der Waals surface area contributed by atoms with Crippen LogP contribution in [0.3, 0.4) is 0 Å². The molecule has 9 heteroatoms. The third-order valence-electron chi connectivity index (χ3n) is 4.40. The lowest BCUT2D eigenvalue weighted by atomic mass is 10.1. The van der Waals surface area contributed by atoms with E-state index in [4.69, 9.17) is 0 Å². The second kappa shape index (κ2) is 6.07. The van der Waals surface area contributed by atoms with E-state index in [2.05, 4.69) is 25.4 Å². The van der Waals surface area contributed by atoms with Crippen molar-refractivity contribution in [3.8, 4) is 11.4 Å². The molecule has 0 aromatic carbocycles. The molecule has 1 aliphatic rings. The Hall–Kier alpha value is -2.55. The smallest absolute Gasteiger partial charge is 0.165 e. The topological polar surface area (TPSA) is 103 Å². The summed E-state index contributed by atoms with van der Waals surface area (Å²) in [5, 5.41) is 8.37. The van der Waals surface area contributed by atoms with Gasteiger partial charge in [-0.1, -0.05) is 0 Å². The van der Waals surface area contributed by atoms with Gasteiger partial charge in [-0.25, -0.2) is 18.4 Å². The SMILES string of the molecule is Cn1ncc2c(NC[C@H]3CCS(=O)(=O)C3)nc(-c3cccnc3)nc21. The fraction of sp³-hybridized carbons (Fsp3) is 0.375. The molecule has 0 spiro atoms. The fourth-order valence-corrected chi connectivity index (χ4v) is 4.92. The monoisotopic (exact) mass is 358 g/mol. The Morgan fingerprint density at radius 1 is 1.32 bits per heavy atom. The molecule has 0 amide bonds. The number of fused-ring (bicyclic) bond motifs is 1. The van der Waals surface area contributed by atoms with Gasteiger partial charge in [-0.15, -0.1) is 0 Å². The summed E-state index contributed by atoms with van der Waals surface area (Å²) in [5.41, 5.74) is 1.53. The minimum absolute atomic E-state index is 0.105. The zero-order chi connectivity index (χ0) is 17.4.